The van der Waals surface area contributed by atoms with Gasteiger partial charge in [-0.1, -0.05) is 48.9 Å². The maximum atomic E-state index is 12.1. The first kappa shape index (κ1) is 22.3. The van der Waals surface area contributed by atoms with Crippen LogP contribution in [0.5, 0.6) is 0 Å². The van der Waals surface area contributed by atoms with Gasteiger partial charge in [0, 0.05) is 50.7 Å². The molecule has 1 amide bonds. The molecule has 2 aromatic rings. The molecule has 4 rings (SSSR count). The van der Waals surface area contributed by atoms with Crippen molar-refractivity contribution in [1.29, 1.82) is 0 Å². The molecule has 3 N–H and O–H groups in total. The number of likely N-dealkylation sites (tertiary alicyclic amines) is 1. The average molecular weight is 434 g/mol. The topological polar surface area (TPSA) is 68.8 Å². The fraction of sp³-hybridized carbons (Fsp3) is 0.462. The lowest BCUT2D eigenvalue weighted by Gasteiger charge is -2.33. The Morgan fingerprint density at radius 2 is 1.88 bits per heavy atom. The number of aliphatic imine (C=N–C) groups is 1. The van der Waals surface area contributed by atoms with E-state index in [9.17, 15) is 4.79 Å². The third kappa shape index (κ3) is 5.49. The van der Waals surface area contributed by atoms with Crippen LogP contribution < -0.4 is 16.0 Å². The summed E-state index contributed by atoms with van der Waals surface area (Å²) >= 11 is 0. The van der Waals surface area contributed by atoms with Gasteiger partial charge in [-0.3, -0.25) is 14.7 Å². The molecule has 1 saturated heterocycles. The third-order valence-corrected chi connectivity index (χ3v) is 6.72. The molecule has 0 saturated carbocycles. The van der Waals surface area contributed by atoms with Crippen molar-refractivity contribution < 1.29 is 4.79 Å². The zero-order valence-corrected chi connectivity index (χ0v) is 19.2. The van der Waals surface area contributed by atoms with Gasteiger partial charge in [-0.2, -0.15) is 0 Å². The van der Waals surface area contributed by atoms with Gasteiger partial charge in [0.1, 0.15) is 0 Å². The van der Waals surface area contributed by atoms with Crippen molar-refractivity contribution in [3.05, 3.63) is 65.2 Å². The minimum Gasteiger partial charge on any atom is -0.356 e. The number of anilines is 1. The van der Waals surface area contributed by atoms with Gasteiger partial charge in [0.2, 0.25) is 5.91 Å². The summed E-state index contributed by atoms with van der Waals surface area (Å²) in [5.74, 6) is 0.959. The normalized spacial score (nSPS) is 21.6. The predicted octanol–water partition coefficient (Wildman–Crippen LogP) is 3.85. The standard InChI is InChI=1S/C26H35N5O/c1-19-9-7-8-14-31(19)18-21-11-4-3-10-20(21)16-28-26(27-2)29-17-22-15-25(32)30-24-13-6-5-12-23(22)24/h3-6,10-13,19,22H,7-9,14-18H2,1-2H3,(H,30,32)(H2,27,28,29). The van der Waals surface area contributed by atoms with Crippen molar-refractivity contribution in [2.75, 3.05) is 25.5 Å². The maximum absolute atomic E-state index is 12.1. The number of carbonyl (C=O) groups is 1. The number of nitrogens with zero attached hydrogens (tertiary/aromatic N) is 2. The van der Waals surface area contributed by atoms with Crippen molar-refractivity contribution in [2.45, 2.75) is 57.7 Å². The van der Waals surface area contributed by atoms with Crippen LogP contribution in [0.15, 0.2) is 53.5 Å². The quantitative estimate of drug-likeness (QED) is 0.478. The van der Waals surface area contributed by atoms with E-state index < -0.39 is 0 Å². The Balaban J connectivity index is 1.35. The largest absolute Gasteiger partial charge is 0.356 e. The van der Waals surface area contributed by atoms with Gasteiger partial charge in [-0.25, -0.2) is 0 Å². The molecule has 2 heterocycles. The van der Waals surface area contributed by atoms with E-state index in [1.807, 2.05) is 18.2 Å². The monoisotopic (exact) mass is 433 g/mol. The van der Waals surface area contributed by atoms with Crippen LogP contribution in [0.4, 0.5) is 5.69 Å². The molecule has 2 unspecified atom stereocenters. The third-order valence-electron chi connectivity index (χ3n) is 6.72. The summed E-state index contributed by atoms with van der Waals surface area (Å²) in [5.41, 5.74) is 4.77. The summed E-state index contributed by atoms with van der Waals surface area (Å²) < 4.78 is 0. The summed E-state index contributed by atoms with van der Waals surface area (Å²) in [6.45, 7) is 5.91. The van der Waals surface area contributed by atoms with E-state index in [4.69, 9.17) is 0 Å². The lowest BCUT2D eigenvalue weighted by Crippen LogP contribution is -2.40. The van der Waals surface area contributed by atoms with Gasteiger partial charge in [0.05, 0.1) is 0 Å². The van der Waals surface area contributed by atoms with Crippen LogP contribution >= 0.6 is 0 Å². The van der Waals surface area contributed by atoms with Crippen molar-refractivity contribution in [1.82, 2.24) is 15.5 Å². The number of fused-ring (bicyclic) bond motifs is 1. The first-order valence-electron chi connectivity index (χ1n) is 11.8. The minimum atomic E-state index is 0.0688. The molecular formula is C26H35N5O. The van der Waals surface area contributed by atoms with Crippen LogP contribution in [-0.2, 0) is 17.9 Å². The van der Waals surface area contributed by atoms with E-state index in [0.717, 1.165) is 24.7 Å². The molecule has 2 aliphatic heterocycles. The molecular weight excluding hydrogens is 398 g/mol. The number of benzene rings is 2. The Kier molecular flexibility index (Phi) is 7.43. The number of hydrogen-bond donors (Lipinski definition) is 3. The van der Waals surface area contributed by atoms with Gasteiger partial charge in [0.15, 0.2) is 5.96 Å². The molecule has 170 valence electrons. The summed E-state index contributed by atoms with van der Waals surface area (Å²) in [7, 11) is 1.79. The Morgan fingerprint density at radius 1 is 1.09 bits per heavy atom. The summed E-state index contributed by atoms with van der Waals surface area (Å²) in [4.78, 5) is 19.1. The minimum absolute atomic E-state index is 0.0688. The number of carbonyl (C=O) groups excluding carboxylic acids is 1. The molecule has 0 radical (unpaired) electrons. The Labute approximate surface area is 191 Å². The van der Waals surface area contributed by atoms with Crippen LogP contribution in [0.1, 0.15) is 55.2 Å². The SMILES string of the molecule is CN=C(NCc1ccccc1CN1CCCCC1C)NCC1CC(=O)Nc2ccccc21. The first-order valence-corrected chi connectivity index (χ1v) is 11.8. The van der Waals surface area contributed by atoms with E-state index in [1.54, 1.807) is 7.05 Å². The highest BCUT2D eigenvalue weighted by atomic mass is 16.1. The molecule has 6 nitrogen and oxygen atoms in total. The van der Waals surface area contributed by atoms with Gasteiger partial charge < -0.3 is 16.0 Å². The molecule has 2 atom stereocenters. The summed E-state index contributed by atoms with van der Waals surface area (Å²) in [5, 5.41) is 9.86. The van der Waals surface area contributed by atoms with Crippen molar-refractivity contribution >= 4 is 17.6 Å². The zero-order chi connectivity index (χ0) is 22.3. The molecule has 0 aliphatic carbocycles. The van der Waals surface area contributed by atoms with Crippen molar-refractivity contribution in [2.24, 2.45) is 4.99 Å². The highest BCUT2D eigenvalue weighted by molar-refractivity contribution is 5.94. The smallest absolute Gasteiger partial charge is 0.225 e. The number of piperidine rings is 1. The molecule has 32 heavy (non-hydrogen) atoms. The lowest BCUT2D eigenvalue weighted by atomic mass is 9.90. The van der Waals surface area contributed by atoms with Gasteiger partial charge in [-0.05, 0) is 49.1 Å². The second kappa shape index (κ2) is 10.6. The highest BCUT2D eigenvalue weighted by Gasteiger charge is 2.25. The number of guanidine groups is 1. The number of hydrogen-bond acceptors (Lipinski definition) is 3. The summed E-state index contributed by atoms with van der Waals surface area (Å²) in [6, 6.07) is 17.4. The van der Waals surface area contributed by atoms with Crippen molar-refractivity contribution in [3.8, 4) is 0 Å². The van der Waals surface area contributed by atoms with Crippen LogP contribution in [0.25, 0.3) is 0 Å². The average Bonchev–Trinajstić information content (AvgIpc) is 2.81. The molecule has 0 bridgehead atoms. The molecule has 2 aromatic carbocycles. The Hall–Kier alpha value is -2.86. The second-order valence-electron chi connectivity index (χ2n) is 8.93. The van der Waals surface area contributed by atoms with E-state index in [-0.39, 0.29) is 11.8 Å². The number of rotatable bonds is 6. The fourth-order valence-electron chi connectivity index (χ4n) is 4.80. The summed E-state index contributed by atoms with van der Waals surface area (Å²) in [6.07, 6.45) is 4.41. The van der Waals surface area contributed by atoms with Crippen LogP contribution in [0, 0.1) is 0 Å². The van der Waals surface area contributed by atoms with Crippen LogP contribution in [0.3, 0.4) is 0 Å². The molecule has 2 aliphatic rings. The zero-order valence-electron chi connectivity index (χ0n) is 19.2. The number of amides is 1. The number of nitrogens with one attached hydrogen (secondary N) is 3. The molecule has 6 heteroatoms. The fourth-order valence-corrected chi connectivity index (χ4v) is 4.80. The molecule has 0 aromatic heterocycles. The van der Waals surface area contributed by atoms with E-state index in [2.05, 4.69) is 63.1 Å². The molecule has 0 spiro atoms. The van der Waals surface area contributed by atoms with Crippen LogP contribution in [0.2, 0.25) is 0 Å². The van der Waals surface area contributed by atoms with E-state index in [1.165, 1.54) is 42.5 Å². The first-order chi connectivity index (χ1) is 15.6. The van der Waals surface area contributed by atoms with E-state index in [0.29, 0.717) is 19.0 Å². The predicted molar refractivity (Wildman–Crippen MR) is 131 cm³/mol. The highest BCUT2D eigenvalue weighted by Crippen LogP contribution is 2.31. The second-order valence-corrected chi connectivity index (χ2v) is 8.93. The Bertz CT molecular complexity index is 957. The number of para-hydroxylation sites is 1. The van der Waals surface area contributed by atoms with Crippen molar-refractivity contribution in [3.63, 3.8) is 0 Å². The maximum Gasteiger partial charge on any atom is 0.225 e. The van der Waals surface area contributed by atoms with Gasteiger partial charge in [0.25, 0.3) is 0 Å². The van der Waals surface area contributed by atoms with Gasteiger partial charge in [-0.15, -0.1) is 0 Å². The van der Waals surface area contributed by atoms with Crippen LogP contribution in [-0.4, -0.2) is 42.9 Å². The molecule has 1 fully saturated rings. The van der Waals surface area contributed by atoms with E-state index >= 15 is 0 Å². The lowest BCUT2D eigenvalue weighted by molar-refractivity contribution is -0.116. The van der Waals surface area contributed by atoms with Gasteiger partial charge >= 0.3 is 0 Å². The Morgan fingerprint density at radius 3 is 2.69 bits per heavy atom.